The number of hydrogen-bond acceptors (Lipinski definition) is 3. The Kier molecular flexibility index (Phi) is 14.3. The normalized spacial score (nSPS) is 11.8. The van der Waals surface area contributed by atoms with Gasteiger partial charge in [-0.05, 0) is 19.3 Å². The third-order valence-electron chi connectivity index (χ3n) is 4.37. The zero-order valence-corrected chi connectivity index (χ0v) is 13.7. The van der Waals surface area contributed by atoms with Gasteiger partial charge in [0.05, 0.1) is 19.8 Å². The lowest BCUT2D eigenvalue weighted by atomic mass is 9.85. The maximum atomic E-state index is 9.23. The van der Waals surface area contributed by atoms with Crippen LogP contribution in [0.25, 0.3) is 0 Å². The Morgan fingerprint density at radius 2 is 1.00 bits per heavy atom. The third kappa shape index (κ3) is 10.9. The highest BCUT2D eigenvalue weighted by atomic mass is 16.3. The van der Waals surface area contributed by atoms with Crippen LogP contribution in [-0.4, -0.2) is 35.1 Å². The maximum Gasteiger partial charge on any atom is 0.0531 e. The molecule has 0 radical (unpaired) electrons. The Balaban J connectivity index is 3.31. The summed E-state index contributed by atoms with van der Waals surface area (Å²) in [6.45, 7) is 3.33. The quantitative estimate of drug-likeness (QED) is 0.300. The molecule has 3 N–H and O–H groups in total. The number of aliphatic hydroxyl groups excluding tert-OH is 3. The molecule has 21 heavy (non-hydrogen) atoms. The first-order valence-corrected chi connectivity index (χ1v) is 8.68. The lowest BCUT2D eigenvalue weighted by Gasteiger charge is -2.27. The van der Waals surface area contributed by atoms with Gasteiger partial charge in [-0.1, -0.05) is 63.9 Å². The van der Waals surface area contributed by atoms with Crippen LogP contribution in [0.2, 0.25) is 0 Å². The van der Waals surface area contributed by atoms with Crippen LogP contribution < -0.4 is 0 Å². The molecule has 0 amide bonds. The molecule has 0 saturated carbocycles. The fourth-order valence-electron chi connectivity index (χ4n) is 2.59. The number of allylic oxidation sites excluding steroid dienone is 1. The van der Waals surface area contributed by atoms with E-state index in [1.54, 1.807) is 0 Å². The Hall–Kier alpha value is -0.380. The summed E-state index contributed by atoms with van der Waals surface area (Å²) in [6, 6.07) is 0. The minimum atomic E-state index is -0.675. The molecule has 126 valence electrons. The zero-order chi connectivity index (χ0) is 15.8. The number of unbranched alkanes of at least 4 members (excludes halogenated alkanes) is 10. The molecular weight excluding hydrogens is 264 g/mol. The highest BCUT2D eigenvalue weighted by molar-refractivity contribution is 4.76. The topological polar surface area (TPSA) is 60.7 Å². The lowest BCUT2D eigenvalue weighted by molar-refractivity contribution is -0.00229. The van der Waals surface area contributed by atoms with E-state index in [4.69, 9.17) is 0 Å². The van der Waals surface area contributed by atoms with E-state index in [2.05, 4.69) is 6.58 Å². The fraction of sp³-hybridized carbons (Fsp3) is 0.889. The van der Waals surface area contributed by atoms with Crippen LogP contribution in [0.5, 0.6) is 0 Å². The second-order valence-electron chi connectivity index (χ2n) is 6.34. The van der Waals surface area contributed by atoms with Crippen LogP contribution in [0.4, 0.5) is 0 Å². The van der Waals surface area contributed by atoms with Gasteiger partial charge in [-0.2, -0.15) is 0 Å². The SMILES string of the molecule is C=CCCCCCCCCCCCCC(CO)(CO)CO. The van der Waals surface area contributed by atoms with Gasteiger partial charge in [0.2, 0.25) is 0 Å². The van der Waals surface area contributed by atoms with Gasteiger partial charge < -0.3 is 15.3 Å². The van der Waals surface area contributed by atoms with Gasteiger partial charge in [0, 0.05) is 5.41 Å². The van der Waals surface area contributed by atoms with Crippen LogP contribution in [0.1, 0.15) is 77.0 Å². The summed E-state index contributed by atoms with van der Waals surface area (Å²) < 4.78 is 0. The van der Waals surface area contributed by atoms with Gasteiger partial charge in [-0.15, -0.1) is 6.58 Å². The van der Waals surface area contributed by atoms with Crippen LogP contribution >= 0.6 is 0 Å². The number of hydrogen-bond donors (Lipinski definition) is 3. The molecule has 0 aliphatic heterocycles. The highest BCUT2D eigenvalue weighted by Gasteiger charge is 2.26. The van der Waals surface area contributed by atoms with E-state index in [-0.39, 0.29) is 19.8 Å². The first kappa shape index (κ1) is 20.6. The van der Waals surface area contributed by atoms with Gasteiger partial charge in [0.25, 0.3) is 0 Å². The summed E-state index contributed by atoms with van der Waals surface area (Å²) in [5.41, 5.74) is -0.675. The standard InChI is InChI=1S/C18H36O3/c1-2-3-4-5-6-7-8-9-10-11-12-13-14-18(15-19,16-20)17-21/h2,19-21H,1,3-17H2. The molecule has 0 unspecified atom stereocenters. The van der Waals surface area contributed by atoms with E-state index in [9.17, 15) is 15.3 Å². The summed E-state index contributed by atoms with van der Waals surface area (Å²) in [6.07, 6.45) is 16.4. The first-order chi connectivity index (χ1) is 10.2. The number of aliphatic hydroxyl groups is 3. The second kappa shape index (κ2) is 14.6. The summed E-state index contributed by atoms with van der Waals surface area (Å²) in [5, 5.41) is 27.7. The van der Waals surface area contributed by atoms with Crippen molar-refractivity contribution in [3.63, 3.8) is 0 Å². The number of rotatable bonds is 16. The Labute approximate surface area is 131 Å². The van der Waals surface area contributed by atoms with Crippen LogP contribution in [-0.2, 0) is 0 Å². The van der Waals surface area contributed by atoms with Crippen molar-refractivity contribution in [2.24, 2.45) is 5.41 Å². The molecule has 0 aliphatic rings. The van der Waals surface area contributed by atoms with E-state index < -0.39 is 5.41 Å². The molecule has 0 bridgehead atoms. The van der Waals surface area contributed by atoms with Crippen molar-refractivity contribution in [2.45, 2.75) is 77.0 Å². The average molecular weight is 300 g/mol. The monoisotopic (exact) mass is 300 g/mol. The Morgan fingerprint density at radius 3 is 1.38 bits per heavy atom. The van der Waals surface area contributed by atoms with Crippen LogP contribution in [0, 0.1) is 5.41 Å². The molecule has 0 saturated heterocycles. The van der Waals surface area contributed by atoms with Crippen molar-refractivity contribution in [2.75, 3.05) is 19.8 Å². The van der Waals surface area contributed by atoms with E-state index in [0.717, 1.165) is 19.3 Å². The minimum Gasteiger partial charge on any atom is -0.396 e. The molecule has 0 aromatic heterocycles. The smallest absolute Gasteiger partial charge is 0.0531 e. The molecule has 0 aromatic carbocycles. The van der Waals surface area contributed by atoms with Crippen molar-refractivity contribution < 1.29 is 15.3 Å². The van der Waals surface area contributed by atoms with E-state index >= 15 is 0 Å². The lowest BCUT2D eigenvalue weighted by Crippen LogP contribution is -2.33. The van der Waals surface area contributed by atoms with Gasteiger partial charge in [-0.25, -0.2) is 0 Å². The van der Waals surface area contributed by atoms with Crippen molar-refractivity contribution >= 4 is 0 Å². The maximum absolute atomic E-state index is 9.23. The zero-order valence-electron chi connectivity index (χ0n) is 13.7. The average Bonchev–Trinajstić information content (AvgIpc) is 2.53. The Morgan fingerprint density at radius 1 is 0.619 bits per heavy atom. The van der Waals surface area contributed by atoms with E-state index in [1.807, 2.05) is 6.08 Å². The predicted octanol–water partition coefficient (Wildman–Crippen LogP) is 3.82. The molecule has 0 fully saturated rings. The predicted molar refractivity (Wildman–Crippen MR) is 89.3 cm³/mol. The van der Waals surface area contributed by atoms with Gasteiger partial charge in [0.1, 0.15) is 0 Å². The molecular formula is C18H36O3. The summed E-state index contributed by atoms with van der Waals surface area (Å²) in [4.78, 5) is 0. The van der Waals surface area contributed by atoms with Gasteiger partial charge >= 0.3 is 0 Å². The van der Waals surface area contributed by atoms with Gasteiger partial charge in [-0.3, -0.25) is 0 Å². The molecule has 3 heteroatoms. The van der Waals surface area contributed by atoms with Gasteiger partial charge in [0.15, 0.2) is 0 Å². The van der Waals surface area contributed by atoms with Crippen molar-refractivity contribution in [1.29, 1.82) is 0 Å². The molecule has 3 nitrogen and oxygen atoms in total. The Bertz CT molecular complexity index is 216. The first-order valence-electron chi connectivity index (χ1n) is 8.68. The highest BCUT2D eigenvalue weighted by Crippen LogP contribution is 2.24. The summed E-state index contributed by atoms with van der Waals surface area (Å²) in [7, 11) is 0. The summed E-state index contributed by atoms with van der Waals surface area (Å²) in [5.74, 6) is 0. The third-order valence-corrected chi connectivity index (χ3v) is 4.37. The van der Waals surface area contributed by atoms with Crippen molar-refractivity contribution in [3.05, 3.63) is 12.7 Å². The van der Waals surface area contributed by atoms with E-state index in [0.29, 0.717) is 6.42 Å². The minimum absolute atomic E-state index is 0.133. The molecule has 0 aromatic rings. The van der Waals surface area contributed by atoms with Crippen LogP contribution in [0.3, 0.4) is 0 Å². The van der Waals surface area contributed by atoms with E-state index in [1.165, 1.54) is 51.4 Å². The largest absolute Gasteiger partial charge is 0.396 e. The summed E-state index contributed by atoms with van der Waals surface area (Å²) >= 11 is 0. The van der Waals surface area contributed by atoms with Crippen molar-refractivity contribution in [3.8, 4) is 0 Å². The van der Waals surface area contributed by atoms with Crippen molar-refractivity contribution in [1.82, 2.24) is 0 Å². The second-order valence-corrected chi connectivity index (χ2v) is 6.34. The fourth-order valence-corrected chi connectivity index (χ4v) is 2.59. The molecule has 0 aliphatic carbocycles. The molecule has 0 atom stereocenters. The molecule has 0 rings (SSSR count). The molecule has 0 spiro atoms. The molecule has 0 heterocycles. The van der Waals surface area contributed by atoms with Crippen LogP contribution in [0.15, 0.2) is 12.7 Å².